The molecule has 0 fully saturated rings. The van der Waals surface area contributed by atoms with Crippen LogP contribution in [0.1, 0.15) is 117 Å². The number of ether oxygens (including phenoxy) is 5. The second kappa shape index (κ2) is 19.9. The van der Waals surface area contributed by atoms with Gasteiger partial charge in [0, 0.05) is 43.5 Å². The number of amides is 5. The fourth-order valence-corrected chi connectivity index (χ4v) is 6.79. The molecule has 3 N–H and O–H groups in total. The standard InChI is InChI=1S/C44H61N7O10S/c1-41(2,3)58-37(53)46-35(47-38(54)59-42(4,5)6)50-20-16-27(17-21-50)29-24-33(62-26-29)34(52)45-30-14-15-31(32(25-30)57-13)28-18-22-51(23-19-28)36(48-39(55)60-43(7,8)9)49-40(56)61-44(10,11)12/h14-16,18,24-26H,17,19-23H2,1-13H3,(H,45,52)(H,46,47,53,54)(H,48,49,55,56). The van der Waals surface area contributed by atoms with Crippen LogP contribution in [-0.4, -0.2) is 108 Å². The Hall–Kier alpha value is -5.91. The summed E-state index contributed by atoms with van der Waals surface area (Å²) in [6, 6.07) is 7.27. The van der Waals surface area contributed by atoms with Gasteiger partial charge >= 0.3 is 24.4 Å². The lowest BCUT2D eigenvalue weighted by molar-refractivity contribution is 0.0536. The summed E-state index contributed by atoms with van der Waals surface area (Å²) in [5, 5.41) is 10.1. The molecule has 0 spiro atoms. The van der Waals surface area contributed by atoms with E-state index in [0.29, 0.717) is 55.3 Å². The number of hydrogen-bond acceptors (Lipinski definition) is 11. The summed E-state index contributed by atoms with van der Waals surface area (Å²) in [5.74, 6) is 0.295. The fourth-order valence-electron chi connectivity index (χ4n) is 5.97. The lowest BCUT2D eigenvalue weighted by Gasteiger charge is -2.30. The number of methoxy groups -OCH3 is 1. The first-order valence-corrected chi connectivity index (χ1v) is 21.1. The minimum atomic E-state index is -0.845. The highest BCUT2D eigenvalue weighted by molar-refractivity contribution is 7.12. The number of guanidine groups is 2. The Morgan fingerprint density at radius 1 is 0.645 bits per heavy atom. The first-order valence-electron chi connectivity index (χ1n) is 20.3. The molecule has 2 aliphatic rings. The summed E-state index contributed by atoms with van der Waals surface area (Å²) in [4.78, 5) is 76.1. The Labute approximate surface area is 367 Å². The third-order valence-corrected chi connectivity index (χ3v) is 9.35. The second-order valence-corrected chi connectivity index (χ2v) is 19.4. The number of benzene rings is 1. The monoisotopic (exact) mass is 879 g/mol. The Balaban J connectivity index is 1.44. The molecule has 2 aliphatic heterocycles. The van der Waals surface area contributed by atoms with Gasteiger partial charge in [0.15, 0.2) is 0 Å². The lowest BCUT2D eigenvalue weighted by Crippen LogP contribution is -2.48. The molecule has 0 unspecified atom stereocenters. The molecule has 0 aliphatic carbocycles. The highest BCUT2D eigenvalue weighted by atomic mass is 32.1. The molecule has 17 nitrogen and oxygen atoms in total. The van der Waals surface area contributed by atoms with Crippen molar-refractivity contribution < 1.29 is 47.7 Å². The molecule has 4 rings (SSSR count). The average Bonchev–Trinajstić information content (AvgIpc) is 3.62. The lowest BCUT2D eigenvalue weighted by atomic mass is 9.98. The SMILES string of the molecule is COc1cc(NC(=O)c2cc(C3=CCN(/C(=N\C(=O)OC(C)(C)C)NC(=O)OC(C)(C)C)CC3)cs2)ccc1C1=CCN(/C(=N\C(=O)OC(C)(C)C)NC(=O)OC(C)(C)C)CC1. The van der Waals surface area contributed by atoms with Gasteiger partial charge in [-0.2, -0.15) is 0 Å². The van der Waals surface area contributed by atoms with Gasteiger partial charge in [-0.3, -0.25) is 15.4 Å². The van der Waals surface area contributed by atoms with E-state index in [9.17, 15) is 24.0 Å². The van der Waals surface area contributed by atoms with Crippen molar-refractivity contribution in [2.45, 2.75) is 118 Å². The first kappa shape index (κ1) is 48.8. The minimum absolute atomic E-state index is 0.0128. The van der Waals surface area contributed by atoms with Crippen LogP contribution in [0.15, 0.2) is 51.8 Å². The van der Waals surface area contributed by atoms with E-state index < -0.39 is 46.8 Å². The summed E-state index contributed by atoms with van der Waals surface area (Å²) < 4.78 is 27.3. The van der Waals surface area contributed by atoms with E-state index in [1.54, 1.807) is 112 Å². The van der Waals surface area contributed by atoms with Gasteiger partial charge in [-0.15, -0.1) is 21.3 Å². The molecule has 18 heteroatoms. The van der Waals surface area contributed by atoms with E-state index in [2.05, 4.69) is 25.9 Å². The van der Waals surface area contributed by atoms with E-state index in [4.69, 9.17) is 23.7 Å². The summed E-state index contributed by atoms with van der Waals surface area (Å²) in [7, 11) is 1.56. The molecule has 5 amide bonds. The molecule has 0 saturated heterocycles. The number of nitrogens with one attached hydrogen (secondary N) is 3. The van der Waals surface area contributed by atoms with Crippen LogP contribution in [0.25, 0.3) is 11.1 Å². The normalized spacial score (nSPS) is 15.4. The van der Waals surface area contributed by atoms with E-state index in [1.807, 2.05) is 29.7 Å². The number of alkyl carbamates (subject to hydrolysis) is 2. The van der Waals surface area contributed by atoms with Crippen molar-refractivity contribution in [3.8, 4) is 5.75 Å². The Bertz CT molecular complexity index is 2130. The molecule has 0 radical (unpaired) electrons. The number of hydrogen-bond donors (Lipinski definition) is 3. The van der Waals surface area contributed by atoms with Gasteiger partial charge < -0.3 is 38.8 Å². The number of thiophene rings is 1. The number of nitrogens with zero attached hydrogens (tertiary/aromatic N) is 4. The maximum Gasteiger partial charge on any atom is 0.437 e. The molecule has 0 atom stereocenters. The third-order valence-electron chi connectivity index (χ3n) is 8.42. The third kappa shape index (κ3) is 15.8. The topological polar surface area (TPSA) is 199 Å². The predicted octanol–water partition coefficient (Wildman–Crippen LogP) is 8.82. The predicted molar refractivity (Wildman–Crippen MR) is 240 cm³/mol. The Morgan fingerprint density at radius 3 is 1.53 bits per heavy atom. The number of carbonyl (C=O) groups is 5. The molecule has 0 saturated carbocycles. The number of anilines is 1. The number of carbonyl (C=O) groups excluding carboxylic acids is 5. The maximum atomic E-state index is 13.5. The van der Waals surface area contributed by atoms with Gasteiger partial charge in [-0.1, -0.05) is 12.2 Å². The zero-order chi connectivity index (χ0) is 46.2. The van der Waals surface area contributed by atoms with Gasteiger partial charge in [0.05, 0.1) is 12.0 Å². The second-order valence-electron chi connectivity index (χ2n) is 18.5. The first-order chi connectivity index (χ1) is 28.7. The molecular weight excluding hydrogens is 819 g/mol. The molecule has 1 aromatic heterocycles. The van der Waals surface area contributed by atoms with Gasteiger partial charge in [0.1, 0.15) is 28.2 Å². The van der Waals surface area contributed by atoms with Gasteiger partial charge in [0.25, 0.3) is 5.91 Å². The van der Waals surface area contributed by atoms with Crippen LogP contribution in [0.4, 0.5) is 24.9 Å². The smallest absolute Gasteiger partial charge is 0.437 e. The molecule has 2 aromatic rings. The van der Waals surface area contributed by atoms with Crippen LogP contribution >= 0.6 is 11.3 Å². The largest absolute Gasteiger partial charge is 0.496 e. The van der Waals surface area contributed by atoms with Crippen molar-refractivity contribution in [1.82, 2.24) is 20.4 Å². The zero-order valence-electron chi connectivity index (χ0n) is 38.1. The molecule has 1 aromatic carbocycles. The van der Waals surface area contributed by atoms with Crippen molar-refractivity contribution in [3.63, 3.8) is 0 Å². The molecule has 62 heavy (non-hydrogen) atoms. The number of aliphatic imine (C=N–C) groups is 2. The van der Waals surface area contributed by atoms with E-state index in [-0.39, 0.29) is 17.8 Å². The van der Waals surface area contributed by atoms with Crippen molar-refractivity contribution in [2.24, 2.45) is 9.98 Å². The van der Waals surface area contributed by atoms with Crippen molar-refractivity contribution in [2.75, 3.05) is 38.6 Å². The summed E-state index contributed by atoms with van der Waals surface area (Å²) in [6.45, 7) is 22.3. The Kier molecular flexibility index (Phi) is 15.6. The van der Waals surface area contributed by atoms with Crippen molar-refractivity contribution in [1.29, 1.82) is 0 Å². The van der Waals surface area contributed by atoms with E-state index in [1.165, 1.54) is 11.3 Å². The highest BCUT2D eigenvalue weighted by Gasteiger charge is 2.28. The van der Waals surface area contributed by atoms with Crippen molar-refractivity contribution >= 4 is 70.4 Å². The molecule has 0 bridgehead atoms. The molecular formula is C44H61N7O10S. The average molecular weight is 880 g/mol. The minimum Gasteiger partial charge on any atom is -0.496 e. The van der Waals surface area contributed by atoms with Crippen LogP contribution < -0.4 is 20.7 Å². The quantitative estimate of drug-likeness (QED) is 0.147. The van der Waals surface area contributed by atoms with Gasteiger partial charge in [0.2, 0.25) is 11.9 Å². The molecule has 338 valence electrons. The van der Waals surface area contributed by atoms with Gasteiger partial charge in [-0.25, -0.2) is 19.2 Å². The van der Waals surface area contributed by atoms with E-state index >= 15 is 0 Å². The highest BCUT2D eigenvalue weighted by Crippen LogP contribution is 2.34. The Morgan fingerprint density at radius 2 is 1.11 bits per heavy atom. The fraction of sp³-hybridized carbons (Fsp3) is 0.523. The van der Waals surface area contributed by atoms with Gasteiger partial charge in [-0.05, 0) is 136 Å². The van der Waals surface area contributed by atoms with Crippen LogP contribution in [0.2, 0.25) is 0 Å². The summed E-state index contributed by atoms with van der Waals surface area (Å²) in [5.41, 5.74) is 1.15. The van der Waals surface area contributed by atoms with Crippen LogP contribution in [-0.2, 0) is 18.9 Å². The number of rotatable bonds is 5. The van der Waals surface area contributed by atoms with Crippen LogP contribution in [0, 0.1) is 0 Å². The summed E-state index contributed by atoms with van der Waals surface area (Å²) in [6.07, 6.45) is 1.80. The zero-order valence-corrected chi connectivity index (χ0v) is 38.9. The van der Waals surface area contributed by atoms with Crippen molar-refractivity contribution in [3.05, 3.63) is 57.8 Å². The van der Waals surface area contributed by atoms with Crippen LogP contribution in [0.5, 0.6) is 5.75 Å². The summed E-state index contributed by atoms with van der Waals surface area (Å²) >= 11 is 1.31. The maximum absolute atomic E-state index is 13.5. The van der Waals surface area contributed by atoms with E-state index in [0.717, 1.165) is 22.3 Å². The molecule has 3 heterocycles. The van der Waals surface area contributed by atoms with Crippen LogP contribution in [0.3, 0.4) is 0 Å².